The van der Waals surface area contributed by atoms with Crippen LogP contribution in [0.3, 0.4) is 0 Å². The van der Waals surface area contributed by atoms with E-state index in [9.17, 15) is 4.79 Å². The summed E-state index contributed by atoms with van der Waals surface area (Å²) in [5.41, 5.74) is 3.68. The number of nitrogens with one attached hydrogen (secondary N) is 1. The van der Waals surface area contributed by atoms with Gasteiger partial charge >= 0.3 is 0 Å². The van der Waals surface area contributed by atoms with Gasteiger partial charge in [0.05, 0.1) is 0 Å². The molecule has 0 aliphatic heterocycles. The highest BCUT2D eigenvalue weighted by atomic mass is 17.2. The van der Waals surface area contributed by atoms with Crippen LogP contribution < -0.4 is 10.2 Å². The van der Waals surface area contributed by atoms with Gasteiger partial charge < -0.3 is 14.9 Å². The lowest BCUT2D eigenvalue weighted by Gasteiger charge is -2.17. The number of hydrogen-bond donors (Lipinski definition) is 1. The van der Waals surface area contributed by atoms with Crippen molar-refractivity contribution in [1.82, 2.24) is 5.32 Å². The summed E-state index contributed by atoms with van der Waals surface area (Å²) in [5.74, 6) is 0.475. The zero-order chi connectivity index (χ0) is 17.5. The summed E-state index contributed by atoms with van der Waals surface area (Å²) in [7, 11) is 3.08. The summed E-state index contributed by atoms with van der Waals surface area (Å²) >= 11 is 0. The van der Waals surface area contributed by atoms with E-state index in [0.717, 1.165) is 22.3 Å². The van der Waals surface area contributed by atoms with Gasteiger partial charge in [0.25, 0.3) is 5.91 Å². The fourth-order valence-electron chi connectivity index (χ4n) is 2.38. The van der Waals surface area contributed by atoms with Crippen molar-refractivity contribution in [1.29, 1.82) is 0 Å². The molecule has 0 aliphatic carbocycles. The van der Waals surface area contributed by atoms with E-state index in [1.165, 1.54) is 7.11 Å². The van der Waals surface area contributed by atoms with Gasteiger partial charge in [0.1, 0.15) is 6.61 Å². The van der Waals surface area contributed by atoms with Crippen molar-refractivity contribution in [3.63, 3.8) is 0 Å². The van der Waals surface area contributed by atoms with E-state index in [2.05, 4.69) is 5.32 Å². The quantitative estimate of drug-likeness (QED) is 0.626. The largest absolute Gasteiger partial charge is 0.367 e. The molecule has 0 aromatic heterocycles. The molecule has 0 fully saturated rings. The average molecular weight is 329 g/mol. The molecule has 2 aromatic carbocycles. The smallest absolute Gasteiger partial charge is 0.253 e. The summed E-state index contributed by atoms with van der Waals surface area (Å²) < 4.78 is 5.32. The predicted molar refractivity (Wildman–Crippen MR) is 91.6 cm³/mol. The molecule has 2 rings (SSSR count). The second-order valence-electron chi connectivity index (χ2n) is 5.54. The Balaban J connectivity index is 2.10. The molecular weight excluding hydrogens is 306 g/mol. The molecule has 2 aromatic rings. The lowest BCUT2D eigenvalue weighted by atomic mass is 10.0. The van der Waals surface area contributed by atoms with Crippen LogP contribution in [0.4, 0.5) is 0 Å². The van der Waals surface area contributed by atoms with E-state index < -0.39 is 6.10 Å². The van der Waals surface area contributed by atoms with E-state index >= 15 is 0 Å². The van der Waals surface area contributed by atoms with E-state index in [1.807, 2.05) is 56.3 Å². The highest BCUT2D eigenvalue weighted by Crippen LogP contribution is 2.23. The molecule has 0 heterocycles. The number of aryl methyl sites for hydroxylation is 2. The maximum Gasteiger partial charge on any atom is 0.253 e. The van der Waals surface area contributed by atoms with E-state index in [0.29, 0.717) is 5.75 Å². The number of carbonyl (C=O) groups is 1. The number of benzene rings is 2. The zero-order valence-electron chi connectivity index (χ0n) is 14.5. The summed E-state index contributed by atoms with van der Waals surface area (Å²) in [6.45, 7) is 4.16. The van der Waals surface area contributed by atoms with Crippen molar-refractivity contribution in [3.8, 4) is 5.75 Å². The molecule has 5 nitrogen and oxygen atoms in total. The van der Waals surface area contributed by atoms with Crippen molar-refractivity contribution < 1.29 is 19.3 Å². The van der Waals surface area contributed by atoms with Gasteiger partial charge in [-0.25, -0.2) is 0 Å². The van der Waals surface area contributed by atoms with Gasteiger partial charge in [-0.3, -0.25) is 4.79 Å². The van der Waals surface area contributed by atoms with Crippen LogP contribution in [0, 0.1) is 13.8 Å². The Hall–Kier alpha value is -2.37. The molecule has 0 radical (unpaired) electrons. The van der Waals surface area contributed by atoms with Crippen LogP contribution in [0.5, 0.6) is 5.75 Å². The van der Waals surface area contributed by atoms with Crippen LogP contribution in [-0.2, 0) is 21.0 Å². The molecule has 1 atom stereocenters. The van der Waals surface area contributed by atoms with E-state index in [4.69, 9.17) is 14.5 Å². The minimum atomic E-state index is -0.685. The Bertz CT molecular complexity index is 700. The monoisotopic (exact) mass is 329 g/mol. The number of ether oxygens (including phenoxy) is 1. The van der Waals surface area contributed by atoms with Crippen LogP contribution in [0.1, 0.15) is 28.4 Å². The van der Waals surface area contributed by atoms with Crippen molar-refractivity contribution in [2.24, 2.45) is 0 Å². The maximum atomic E-state index is 12.0. The first-order valence-electron chi connectivity index (χ1n) is 7.75. The van der Waals surface area contributed by atoms with Crippen molar-refractivity contribution in [3.05, 3.63) is 64.7 Å². The molecular formula is C19H23NO4. The molecule has 24 heavy (non-hydrogen) atoms. The Kier molecular flexibility index (Phi) is 6.35. The summed E-state index contributed by atoms with van der Waals surface area (Å²) in [6.07, 6.45) is -0.685. The van der Waals surface area contributed by atoms with Gasteiger partial charge in [-0.05, 0) is 42.2 Å². The van der Waals surface area contributed by atoms with Crippen molar-refractivity contribution >= 4 is 5.91 Å². The average Bonchev–Trinajstić information content (AvgIpc) is 2.59. The molecule has 0 bridgehead atoms. The van der Waals surface area contributed by atoms with Gasteiger partial charge in [0, 0.05) is 14.2 Å². The molecule has 1 N–H and O–H groups in total. The van der Waals surface area contributed by atoms with Crippen molar-refractivity contribution in [2.45, 2.75) is 26.6 Å². The fraction of sp³-hybridized carbons (Fsp3) is 0.316. The van der Waals surface area contributed by atoms with E-state index in [-0.39, 0.29) is 12.5 Å². The van der Waals surface area contributed by atoms with Crippen LogP contribution in [-0.4, -0.2) is 20.1 Å². The second-order valence-corrected chi connectivity index (χ2v) is 5.54. The van der Waals surface area contributed by atoms with Crippen molar-refractivity contribution in [2.75, 3.05) is 14.2 Å². The van der Waals surface area contributed by atoms with Gasteiger partial charge in [0.2, 0.25) is 0 Å². The molecule has 128 valence electrons. The molecule has 0 saturated carbocycles. The third-order valence-corrected chi connectivity index (χ3v) is 3.76. The lowest BCUT2D eigenvalue weighted by molar-refractivity contribution is -0.218. The Morgan fingerprint density at radius 1 is 1.17 bits per heavy atom. The van der Waals surface area contributed by atoms with Gasteiger partial charge in [-0.15, -0.1) is 0 Å². The standard InChI is InChI=1S/C19H23NO4/c1-13-9-10-14(2)17(11-13)24-23-12-15-7-5-6-8-16(15)18(22-4)19(21)20-3/h5-11,18H,12H2,1-4H3,(H,20,21)/t18-/m1/s1. The summed E-state index contributed by atoms with van der Waals surface area (Å²) in [6, 6.07) is 13.4. The molecule has 0 saturated heterocycles. The van der Waals surface area contributed by atoms with E-state index in [1.54, 1.807) is 7.05 Å². The topological polar surface area (TPSA) is 56.8 Å². The van der Waals surface area contributed by atoms with Gasteiger partial charge in [-0.2, -0.15) is 4.89 Å². The third-order valence-electron chi connectivity index (χ3n) is 3.76. The van der Waals surface area contributed by atoms with Crippen LogP contribution in [0.25, 0.3) is 0 Å². The minimum Gasteiger partial charge on any atom is -0.367 e. The SMILES string of the molecule is CNC(=O)[C@H](OC)c1ccccc1COOc1cc(C)ccc1C. The number of hydrogen-bond acceptors (Lipinski definition) is 4. The van der Waals surface area contributed by atoms with Crippen LogP contribution in [0.15, 0.2) is 42.5 Å². The minimum absolute atomic E-state index is 0.208. The third kappa shape index (κ3) is 4.34. The maximum absolute atomic E-state index is 12.0. The first-order chi connectivity index (χ1) is 11.6. The number of methoxy groups -OCH3 is 1. The lowest BCUT2D eigenvalue weighted by Crippen LogP contribution is -2.27. The molecule has 1 amide bonds. The summed E-state index contributed by atoms with van der Waals surface area (Å²) in [4.78, 5) is 22.8. The summed E-state index contributed by atoms with van der Waals surface area (Å²) in [5, 5.41) is 2.60. The van der Waals surface area contributed by atoms with Crippen LogP contribution in [0.2, 0.25) is 0 Å². The zero-order valence-corrected chi connectivity index (χ0v) is 14.5. The van der Waals surface area contributed by atoms with Gasteiger partial charge in [-0.1, -0.05) is 36.4 Å². The number of carbonyl (C=O) groups excluding carboxylic acids is 1. The number of likely N-dealkylation sites (N-methyl/N-ethyl adjacent to an activating group) is 1. The second kappa shape index (κ2) is 8.47. The predicted octanol–water partition coefficient (Wildman–Crippen LogP) is 3.25. The highest BCUT2D eigenvalue weighted by Gasteiger charge is 2.21. The molecule has 0 spiro atoms. The Morgan fingerprint density at radius 3 is 2.62 bits per heavy atom. The molecule has 0 aliphatic rings. The number of amides is 1. The normalized spacial score (nSPS) is 11.8. The first-order valence-corrected chi connectivity index (χ1v) is 7.75. The first kappa shape index (κ1) is 18.0. The van der Waals surface area contributed by atoms with Crippen LogP contribution >= 0.6 is 0 Å². The molecule has 0 unspecified atom stereocenters. The highest BCUT2D eigenvalue weighted by molar-refractivity contribution is 5.82. The fourth-order valence-corrected chi connectivity index (χ4v) is 2.38. The Morgan fingerprint density at radius 2 is 1.92 bits per heavy atom. The number of rotatable bonds is 7. The Labute approximate surface area is 142 Å². The molecule has 5 heteroatoms. The van der Waals surface area contributed by atoms with Gasteiger partial charge in [0.15, 0.2) is 11.9 Å².